The van der Waals surface area contributed by atoms with E-state index in [1.807, 2.05) is 31.2 Å². The second kappa shape index (κ2) is 9.71. The average molecular weight is 359 g/mol. The van der Waals surface area contributed by atoms with Crippen molar-refractivity contribution in [2.24, 2.45) is 0 Å². The second-order valence-electron chi connectivity index (χ2n) is 5.76. The van der Waals surface area contributed by atoms with Crippen LogP contribution in [0.5, 0.6) is 11.5 Å². The lowest BCUT2D eigenvalue weighted by molar-refractivity contribution is -0.147. The van der Waals surface area contributed by atoms with E-state index in [1.54, 1.807) is 14.2 Å². The highest BCUT2D eigenvalue weighted by Gasteiger charge is 2.39. The molecule has 24 heavy (non-hydrogen) atoms. The van der Waals surface area contributed by atoms with E-state index in [4.69, 9.17) is 14.2 Å². The molecule has 1 saturated heterocycles. The van der Waals surface area contributed by atoms with Gasteiger partial charge in [0.05, 0.1) is 13.7 Å². The third-order valence-corrected chi connectivity index (χ3v) is 4.16. The molecule has 0 aromatic heterocycles. The van der Waals surface area contributed by atoms with Crippen molar-refractivity contribution >= 4 is 18.3 Å². The lowest BCUT2D eigenvalue weighted by Gasteiger charge is -2.35. The summed E-state index contributed by atoms with van der Waals surface area (Å²) in [5, 5.41) is 6.19. The van der Waals surface area contributed by atoms with Crippen LogP contribution in [0, 0.1) is 0 Å². The van der Waals surface area contributed by atoms with Crippen molar-refractivity contribution in [1.29, 1.82) is 0 Å². The quantitative estimate of drug-likeness (QED) is 0.777. The molecule has 2 rings (SSSR count). The highest BCUT2D eigenvalue weighted by atomic mass is 35.5. The zero-order valence-electron chi connectivity index (χ0n) is 14.5. The highest BCUT2D eigenvalue weighted by molar-refractivity contribution is 5.85. The van der Waals surface area contributed by atoms with Gasteiger partial charge in [0.2, 0.25) is 0 Å². The minimum absolute atomic E-state index is 0. The number of methoxy groups -OCH3 is 2. The van der Waals surface area contributed by atoms with Gasteiger partial charge in [0, 0.05) is 7.11 Å². The zero-order valence-corrected chi connectivity index (χ0v) is 15.3. The molecule has 0 bridgehead atoms. The van der Waals surface area contributed by atoms with Crippen LogP contribution < -0.4 is 20.1 Å². The maximum Gasteiger partial charge on any atom is 0.252 e. The van der Waals surface area contributed by atoms with E-state index in [2.05, 4.69) is 10.6 Å². The van der Waals surface area contributed by atoms with Gasteiger partial charge < -0.3 is 24.8 Å². The number of benzene rings is 1. The molecule has 1 atom stereocenters. The molecule has 0 saturated carbocycles. The summed E-state index contributed by atoms with van der Waals surface area (Å²) >= 11 is 0. The summed E-state index contributed by atoms with van der Waals surface area (Å²) in [7, 11) is 3.22. The van der Waals surface area contributed by atoms with Gasteiger partial charge in [-0.25, -0.2) is 0 Å². The first-order chi connectivity index (χ1) is 11.1. The van der Waals surface area contributed by atoms with Crippen molar-refractivity contribution in [2.45, 2.75) is 31.5 Å². The van der Waals surface area contributed by atoms with Crippen LogP contribution in [0.2, 0.25) is 0 Å². The Balaban J connectivity index is 0.00000288. The number of amides is 1. The summed E-state index contributed by atoms with van der Waals surface area (Å²) < 4.78 is 16.4. The van der Waals surface area contributed by atoms with Crippen molar-refractivity contribution < 1.29 is 19.0 Å². The van der Waals surface area contributed by atoms with Crippen LogP contribution >= 0.6 is 12.4 Å². The number of carbonyl (C=O) groups excluding carboxylic acids is 1. The molecule has 1 aliphatic rings. The molecule has 0 spiro atoms. The number of rotatable bonds is 7. The van der Waals surface area contributed by atoms with Gasteiger partial charge in [-0.05, 0) is 57.1 Å². The van der Waals surface area contributed by atoms with Crippen LogP contribution in [0.1, 0.15) is 19.8 Å². The highest BCUT2D eigenvalue weighted by Crippen LogP contribution is 2.22. The molecule has 1 aromatic rings. The number of hydrogen-bond donors (Lipinski definition) is 2. The average Bonchev–Trinajstić information content (AvgIpc) is 2.60. The van der Waals surface area contributed by atoms with Gasteiger partial charge in [-0.1, -0.05) is 0 Å². The first-order valence-electron chi connectivity index (χ1n) is 7.94. The van der Waals surface area contributed by atoms with E-state index in [1.165, 1.54) is 0 Å². The van der Waals surface area contributed by atoms with Gasteiger partial charge in [0.15, 0.2) is 0 Å². The van der Waals surface area contributed by atoms with Gasteiger partial charge in [-0.3, -0.25) is 4.79 Å². The summed E-state index contributed by atoms with van der Waals surface area (Å²) in [5.41, 5.74) is -0.717. The molecular weight excluding hydrogens is 332 g/mol. The Morgan fingerprint density at radius 3 is 2.33 bits per heavy atom. The van der Waals surface area contributed by atoms with Crippen molar-refractivity contribution in [2.75, 3.05) is 33.9 Å². The number of ether oxygens (including phenoxy) is 3. The molecule has 136 valence electrons. The lowest BCUT2D eigenvalue weighted by atomic mass is 9.91. The van der Waals surface area contributed by atoms with Gasteiger partial charge >= 0.3 is 0 Å². The standard InChI is InChI=1S/C17H26N2O4.ClH/c1-13(23-15-6-4-14(21-2)5-7-15)12-19-16(20)17(22-3)8-10-18-11-9-17;/h4-7,13,18H,8-12H2,1-3H3,(H,19,20);1H. The van der Waals surface area contributed by atoms with E-state index in [-0.39, 0.29) is 24.4 Å². The molecule has 1 amide bonds. The molecule has 1 heterocycles. The van der Waals surface area contributed by atoms with E-state index in [9.17, 15) is 4.79 Å². The maximum absolute atomic E-state index is 12.5. The van der Waals surface area contributed by atoms with Crippen LogP contribution in [0.3, 0.4) is 0 Å². The first-order valence-corrected chi connectivity index (χ1v) is 7.94. The van der Waals surface area contributed by atoms with Crippen molar-refractivity contribution in [3.05, 3.63) is 24.3 Å². The lowest BCUT2D eigenvalue weighted by Crippen LogP contribution is -2.55. The van der Waals surface area contributed by atoms with Crippen LogP contribution in [0.15, 0.2) is 24.3 Å². The number of carbonyl (C=O) groups is 1. The van der Waals surface area contributed by atoms with Crippen molar-refractivity contribution in [3.8, 4) is 11.5 Å². The van der Waals surface area contributed by atoms with E-state index >= 15 is 0 Å². The second-order valence-corrected chi connectivity index (χ2v) is 5.76. The molecule has 6 nitrogen and oxygen atoms in total. The number of nitrogens with one attached hydrogen (secondary N) is 2. The van der Waals surface area contributed by atoms with Crippen molar-refractivity contribution in [3.63, 3.8) is 0 Å². The smallest absolute Gasteiger partial charge is 0.252 e. The van der Waals surface area contributed by atoms with Gasteiger partial charge in [0.25, 0.3) is 5.91 Å². The molecule has 1 unspecified atom stereocenters. The Labute approximate surface area is 149 Å². The topological polar surface area (TPSA) is 68.8 Å². The summed E-state index contributed by atoms with van der Waals surface area (Å²) in [6.07, 6.45) is 1.23. The Morgan fingerprint density at radius 2 is 1.79 bits per heavy atom. The fourth-order valence-electron chi connectivity index (χ4n) is 2.68. The minimum atomic E-state index is -0.717. The molecule has 1 aliphatic heterocycles. The predicted octanol–water partition coefficient (Wildman–Crippen LogP) is 1.77. The van der Waals surface area contributed by atoms with Crippen LogP contribution in [0.25, 0.3) is 0 Å². The Morgan fingerprint density at radius 1 is 1.21 bits per heavy atom. The summed E-state index contributed by atoms with van der Waals surface area (Å²) in [4.78, 5) is 12.5. The third kappa shape index (κ3) is 5.26. The molecule has 0 radical (unpaired) electrons. The van der Waals surface area contributed by atoms with E-state index in [0.717, 1.165) is 24.6 Å². The van der Waals surface area contributed by atoms with Crippen molar-refractivity contribution in [1.82, 2.24) is 10.6 Å². The largest absolute Gasteiger partial charge is 0.497 e. The normalized spacial score (nSPS) is 17.3. The molecular formula is C17H27ClN2O4. The molecule has 2 N–H and O–H groups in total. The summed E-state index contributed by atoms with van der Waals surface area (Å²) in [6.45, 7) is 3.94. The zero-order chi connectivity index (χ0) is 16.7. The monoisotopic (exact) mass is 358 g/mol. The minimum Gasteiger partial charge on any atom is -0.497 e. The van der Waals surface area contributed by atoms with Gasteiger partial charge in [-0.2, -0.15) is 0 Å². The molecule has 1 aromatic carbocycles. The third-order valence-electron chi connectivity index (χ3n) is 4.16. The summed E-state index contributed by atoms with van der Waals surface area (Å²) in [6, 6.07) is 7.38. The van der Waals surface area contributed by atoms with Gasteiger partial charge in [-0.15, -0.1) is 12.4 Å². The van der Waals surface area contributed by atoms with Crippen LogP contribution in [-0.2, 0) is 9.53 Å². The Kier molecular flexibility index (Phi) is 8.31. The molecule has 7 heteroatoms. The fourth-order valence-corrected chi connectivity index (χ4v) is 2.68. The Bertz CT molecular complexity index is 504. The van der Waals surface area contributed by atoms with Crippen LogP contribution in [0.4, 0.5) is 0 Å². The Hall–Kier alpha value is -1.50. The molecule has 0 aliphatic carbocycles. The molecule has 1 fully saturated rings. The predicted molar refractivity (Wildman–Crippen MR) is 95.2 cm³/mol. The van der Waals surface area contributed by atoms with E-state index < -0.39 is 5.60 Å². The number of hydrogen-bond acceptors (Lipinski definition) is 5. The summed E-state index contributed by atoms with van der Waals surface area (Å²) in [5.74, 6) is 1.47. The maximum atomic E-state index is 12.5. The van der Waals surface area contributed by atoms with E-state index in [0.29, 0.717) is 19.4 Å². The fraction of sp³-hybridized carbons (Fsp3) is 0.588. The van der Waals surface area contributed by atoms with Gasteiger partial charge in [0.1, 0.15) is 23.2 Å². The van der Waals surface area contributed by atoms with Crippen LogP contribution in [-0.4, -0.2) is 51.5 Å². The number of piperidine rings is 1. The number of halogens is 1. The SMILES string of the molecule is COc1ccc(OC(C)CNC(=O)C2(OC)CCNCC2)cc1.Cl. The first kappa shape index (κ1) is 20.5.